The molecule has 1 aliphatic heterocycles. The van der Waals surface area contributed by atoms with E-state index in [4.69, 9.17) is 5.11 Å². The molecular formula is C13H24N2O3. The first kappa shape index (κ1) is 14.8. The maximum Gasteiger partial charge on any atom is 0.317 e. The van der Waals surface area contributed by atoms with Gasteiger partial charge in [-0.1, -0.05) is 13.8 Å². The van der Waals surface area contributed by atoms with Crippen LogP contribution in [0.5, 0.6) is 0 Å². The van der Waals surface area contributed by atoms with E-state index in [0.29, 0.717) is 24.8 Å². The number of rotatable bonds is 4. The Morgan fingerprint density at radius 2 is 2.06 bits per heavy atom. The number of carbonyl (C=O) groups excluding carboxylic acids is 1. The summed E-state index contributed by atoms with van der Waals surface area (Å²) in [6.07, 6.45) is 2.81. The molecule has 0 aromatic rings. The van der Waals surface area contributed by atoms with Crippen molar-refractivity contribution in [3.05, 3.63) is 0 Å². The number of carboxylic acids is 1. The second-order valence-corrected chi connectivity index (χ2v) is 5.41. The fraction of sp³-hybridized carbons (Fsp3) is 0.846. The van der Waals surface area contributed by atoms with Crippen molar-refractivity contribution in [2.75, 3.05) is 19.6 Å². The summed E-state index contributed by atoms with van der Waals surface area (Å²) in [5.74, 6) is 0.388. The molecule has 0 aliphatic carbocycles. The van der Waals surface area contributed by atoms with Crippen LogP contribution in [-0.2, 0) is 4.79 Å². The van der Waals surface area contributed by atoms with Crippen molar-refractivity contribution < 1.29 is 14.7 Å². The highest BCUT2D eigenvalue weighted by molar-refractivity contribution is 5.74. The molecule has 1 rings (SSSR count). The number of nitrogens with one attached hydrogen (secondary N) is 1. The van der Waals surface area contributed by atoms with Gasteiger partial charge in [0.15, 0.2) is 0 Å². The van der Waals surface area contributed by atoms with Gasteiger partial charge in [0.05, 0.1) is 0 Å². The molecule has 0 radical (unpaired) electrons. The van der Waals surface area contributed by atoms with E-state index in [0.717, 1.165) is 19.5 Å². The van der Waals surface area contributed by atoms with Crippen LogP contribution in [0.3, 0.4) is 0 Å². The molecule has 1 fully saturated rings. The number of carboxylic acid groups (broad SMARTS) is 1. The minimum absolute atomic E-state index is 0.0543. The van der Waals surface area contributed by atoms with Gasteiger partial charge >= 0.3 is 12.0 Å². The van der Waals surface area contributed by atoms with E-state index < -0.39 is 5.97 Å². The summed E-state index contributed by atoms with van der Waals surface area (Å²) in [5.41, 5.74) is 0. The van der Waals surface area contributed by atoms with Crippen LogP contribution in [0.2, 0.25) is 0 Å². The van der Waals surface area contributed by atoms with Crippen LogP contribution in [0.1, 0.15) is 39.5 Å². The van der Waals surface area contributed by atoms with Gasteiger partial charge in [-0.15, -0.1) is 0 Å². The Labute approximate surface area is 109 Å². The third-order valence-electron chi connectivity index (χ3n) is 3.36. The minimum Gasteiger partial charge on any atom is -0.481 e. The first-order valence-corrected chi connectivity index (χ1v) is 6.73. The van der Waals surface area contributed by atoms with Crippen LogP contribution in [0.15, 0.2) is 0 Å². The minimum atomic E-state index is -0.818. The van der Waals surface area contributed by atoms with Gasteiger partial charge in [-0.25, -0.2) is 4.79 Å². The lowest BCUT2D eigenvalue weighted by Gasteiger charge is -2.23. The molecule has 18 heavy (non-hydrogen) atoms. The number of likely N-dealkylation sites (tertiary alicyclic amines) is 1. The zero-order valence-electron chi connectivity index (χ0n) is 11.3. The third kappa shape index (κ3) is 5.38. The maximum absolute atomic E-state index is 11.9. The number of carbonyl (C=O) groups is 2. The number of aliphatic carboxylic acids is 1. The molecule has 0 saturated carbocycles. The number of amides is 2. The van der Waals surface area contributed by atoms with Crippen LogP contribution in [0.25, 0.3) is 0 Å². The number of nitrogens with zero attached hydrogens (tertiary/aromatic N) is 1. The predicted octanol–water partition coefficient (Wildman–Crippen LogP) is 1.93. The number of hydrogen-bond donors (Lipinski definition) is 2. The molecule has 1 aliphatic rings. The van der Waals surface area contributed by atoms with Crippen LogP contribution in [0, 0.1) is 11.8 Å². The first-order chi connectivity index (χ1) is 8.49. The second kappa shape index (κ2) is 7.24. The Morgan fingerprint density at radius 3 is 2.72 bits per heavy atom. The Kier molecular flexibility index (Phi) is 5.95. The van der Waals surface area contributed by atoms with Crippen molar-refractivity contribution in [2.45, 2.75) is 39.5 Å². The number of urea groups is 1. The Hall–Kier alpha value is -1.26. The fourth-order valence-electron chi connectivity index (χ4n) is 2.45. The predicted molar refractivity (Wildman–Crippen MR) is 69.4 cm³/mol. The lowest BCUT2D eigenvalue weighted by molar-refractivity contribution is -0.137. The van der Waals surface area contributed by atoms with E-state index in [1.165, 1.54) is 6.42 Å². The molecule has 104 valence electrons. The molecule has 5 heteroatoms. The van der Waals surface area contributed by atoms with Gasteiger partial charge in [-0.05, 0) is 31.1 Å². The first-order valence-electron chi connectivity index (χ1n) is 6.73. The van der Waals surface area contributed by atoms with Gasteiger partial charge < -0.3 is 15.3 Å². The molecule has 0 bridgehead atoms. The van der Waals surface area contributed by atoms with Crippen molar-refractivity contribution >= 4 is 12.0 Å². The standard InChI is InChI=1S/C13H24N2O3/c1-10-5-7-15(9-11(2)8-10)13(18)14-6-3-4-12(16)17/h10-11H,3-9H2,1-2H3,(H,14,18)(H,16,17). The monoisotopic (exact) mass is 256 g/mol. The third-order valence-corrected chi connectivity index (χ3v) is 3.36. The molecule has 1 heterocycles. The quantitative estimate of drug-likeness (QED) is 0.755. The summed E-state index contributed by atoms with van der Waals surface area (Å²) >= 11 is 0. The van der Waals surface area contributed by atoms with Gasteiger partial charge in [0, 0.05) is 26.1 Å². The van der Waals surface area contributed by atoms with Crippen molar-refractivity contribution in [3.8, 4) is 0 Å². The van der Waals surface area contributed by atoms with Gasteiger partial charge in [0.25, 0.3) is 0 Å². The molecule has 2 atom stereocenters. The SMILES string of the molecule is CC1CCN(C(=O)NCCCC(=O)O)CC(C)C1. The van der Waals surface area contributed by atoms with E-state index >= 15 is 0 Å². The van der Waals surface area contributed by atoms with Gasteiger partial charge in [0.1, 0.15) is 0 Å². The highest BCUT2D eigenvalue weighted by atomic mass is 16.4. The average Bonchev–Trinajstić information content (AvgIpc) is 2.45. The summed E-state index contributed by atoms with van der Waals surface area (Å²) in [7, 11) is 0. The van der Waals surface area contributed by atoms with Gasteiger partial charge in [-0.2, -0.15) is 0 Å². The summed E-state index contributed by atoms with van der Waals surface area (Å²) in [5, 5.41) is 11.3. The van der Waals surface area contributed by atoms with E-state index in [2.05, 4.69) is 19.2 Å². The summed E-state index contributed by atoms with van der Waals surface area (Å²) in [4.78, 5) is 24.1. The second-order valence-electron chi connectivity index (χ2n) is 5.41. The lowest BCUT2D eigenvalue weighted by atomic mass is 9.97. The van der Waals surface area contributed by atoms with Crippen LogP contribution < -0.4 is 5.32 Å². The summed E-state index contributed by atoms with van der Waals surface area (Å²) < 4.78 is 0. The Balaban J connectivity index is 2.29. The molecule has 2 N–H and O–H groups in total. The van der Waals surface area contributed by atoms with Crippen molar-refractivity contribution in [2.24, 2.45) is 11.8 Å². The normalized spacial score (nSPS) is 24.4. The summed E-state index contributed by atoms with van der Waals surface area (Å²) in [6, 6.07) is -0.0543. The molecule has 0 spiro atoms. The largest absolute Gasteiger partial charge is 0.481 e. The molecular weight excluding hydrogens is 232 g/mol. The van der Waals surface area contributed by atoms with Crippen LogP contribution in [0.4, 0.5) is 4.79 Å². The topological polar surface area (TPSA) is 69.6 Å². The van der Waals surface area contributed by atoms with Crippen molar-refractivity contribution in [3.63, 3.8) is 0 Å². The molecule has 2 unspecified atom stereocenters. The van der Waals surface area contributed by atoms with E-state index in [1.54, 1.807) is 0 Å². The van der Waals surface area contributed by atoms with E-state index in [-0.39, 0.29) is 12.5 Å². The number of hydrogen-bond acceptors (Lipinski definition) is 2. The van der Waals surface area contributed by atoms with Crippen molar-refractivity contribution in [1.29, 1.82) is 0 Å². The molecule has 5 nitrogen and oxygen atoms in total. The lowest BCUT2D eigenvalue weighted by Crippen LogP contribution is -2.42. The fourth-order valence-corrected chi connectivity index (χ4v) is 2.45. The zero-order chi connectivity index (χ0) is 13.5. The highest BCUT2D eigenvalue weighted by Gasteiger charge is 2.22. The van der Waals surface area contributed by atoms with Crippen LogP contribution in [-0.4, -0.2) is 41.6 Å². The molecule has 2 amide bonds. The molecule has 0 aromatic heterocycles. The molecule has 1 saturated heterocycles. The Bertz CT molecular complexity index is 294. The van der Waals surface area contributed by atoms with Crippen LogP contribution >= 0.6 is 0 Å². The zero-order valence-corrected chi connectivity index (χ0v) is 11.3. The smallest absolute Gasteiger partial charge is 0.317 e. The van der Waals surface area contributed by atoms with Gasteiger partial charge in [0.2, 0.25) is 0 Å². The maximum atomic E-state index is 11.9. The highest BCUT2D eigenvalue weighted by Crippen LogP contribution is 2.21. The summed E-state index contributed by atoms with van der Waals surface area (Å²) in [6.45, 7) is 6.44. The van der Waals surface area contributed by atoms with Crippen molar-refractivity contribution in [1.82, 2.24) is 10.2 Å². The van der Waals surface area contributed by atoms with E-state index in [1.807, 2.05) is 4.90 Å². The van der Waals surface area contributed by atoms with Gasteiger partial charge in [-0.3, -0.25) is 4.79 Å². The Morgan fingerprint density at radius 1 is 1.33 bits per heavy atom. The average molecular weight is 256 g/mol. The molecule has 0 aromatic carbocycles. The van der Waals surface area contributed by atoms with E-state index in [9.17, 15) is 9.59 Å².